The summed E-state index contributed by atoms with van der Waals surface area (Å²) >= 11 is 0. The number of hydrogen-bond donors (Lipinski definition) is 2. The summed E-state index contributed by atoms with van der Waals surface area (Å²) in [6, 6.07) is 0.502. The first-order valence-corrected chi connectivity index (χ1v) is 7.29. The maximum absolute atomic E-state index is 12.1. The number of ether oxygens (including phenoxy) is 1. The normalized spacial score (nSPS) is 37.2. The molecule has 0 spiro atoms. The second kappa shape index (κ2) is 6.53. The zero-order valence-corrected chi connectivity index (χ0v) is 11.4. The Morgan fingerprint density at radius 3 is 2.83 bits per heavy atom. The van der Waals surface area contributed by atoms with Crippen molar-refractivity contribution in [1.29, 1.82) is 0 Å². The molecular weight excluding hydrogens is 228 g/mol. The van der Waals surface area contributed by atoms with Crippen LogP contribution >= 0.6 is 0 Å². The van der Waals surface area contributed by atoms with Crippen LogP contribution in [0.5, 0.6) is 0 Å². The van der Waals surface area contributed by atoms with Crippen LogP contribution in [0.2, 0.25) is 0 Å². The van der Waals surface area contributed by atoms with Crippen molar-refractivity contribution < 1.29 is 9.53 Å². The van der Waals surface area contributed by atoms with Gasteiger partial charge in [-0.15, -0.1) is 0 Å². The van der Waals surface area contributed by atoms with Gasteiger partial charge in [0.15, 0.2) is 0 Å². The van der Waals surface area contributed by atoms with E-state index in [0.29, 0.717) is 18.3 Å². The highest BCUT2D eigenvalue weighted by atomic mass is 16.5. The molecule has 0 aromatic rings. The van der Waals surface area contributed by atoms with Gasteiger partial charge in [-0.1, -0.05) is 19.8 Å². The zero-order chi connectivity index (χ0) is 13.0. The van der Waals surface area contributed by atoms with Crippen LogP contribution in [0.4, 0.5) is 0 Å². The number of hydrogen-bond acceptors (Lipinski definition) is 3. The molecule has 0 aromatic heterocycles. The van der Waals surface area contributed by atoms with Gasteiger partial charge in [0.05, 0.1) is 6.61 Å². The number of carbonyl (C=O) groups is 1. The Morgan fingerprint density at radius 1 is 1.33 bits per heavy atom. The van der Waals surface area contributed by atoms with Crippen molar-refractivity contribution in [1.82, 2.24) is 5.32 Å². The quantitative estimate of drug-likeness (QED) is 0.801. The first kappa shape index (κ1) is 13.8. The van der Waals surface area contributed by atoms with Crippen LogP contribution in [0.3, 0.4) is 0 Å². The Kier molecular flexibility index (Phi) is 5.01. The van der Waals surface area contributed by atoms with Crippen LogP contribution in [-0.2, 0) is 9.53 Å². The Hall–Kier alpha value is -0.610. The molecule has 4 atom stereocenters. The molecule has 4 heteroatoms. The highest BCUT2D eigenvalue weighted by Gasteiger charge is 2.27. The lowest BCUT2D eigenvalue weighted by atomic mass is 9.82. The summed E-state index contributed by atoms with van der Waals surface area (Å²) in [6.45, 7) is 3.66. The first-order valence-electron chi connectivity index (χ1n) is 7.29. The Bertz CT molecular complexity index is 257. The van der Waals surface area contributed by atoms with E-state index in [1.165, 1.54) is 12.8 Å². The van der Waals surface area contributed by atoms with Crippen LogP contribution in [-0.4, -0.2) is 31.2 Å². The van der Waals surface area contributed by atoms with Crippen molar-refractivity contribution in [3.8, 4) is 0 Å². The van der Waals surface area contributed by atoms with Gasteiger partial charge in [-0.25, -0.2) is 0 Å². The third kappa shape index (κ3) is 3.69. The average molecular weight is 254 g/mol. The molecule has 1 aliphatic carbocycles. The molecule has 0 aromatic carbocycles. The first-order chi connectivity index (χ1) is 8.66. The van der Waals surface area contributed by atoms with Crippen LogP contribution in [0, 0.1) is 11.8 Å². The van der Waals surface area contributed by atoms with Gasteiger partial charge in [0.2, 0.25) is 5.91 Å². The maximum Gasteiger partial charge on any atom is 0.220 e. The molecule has 2 rings (SSSR count). The molecule has 1 saturated heterocycles. The minimum Gasteiger partial charge on any atom is -0.381 e. The summed E-state index contributed by atoms with van der Waals surface area (Å²) in [6.07, 6.45) is 6.16. The molecule has 3 N–H and O–H groups in total. The van der Waals surface area contributed by atoms with Crippen molar-refractivity contribution >= 4 is 5.91 Å². The molecule has 2 fully saturated rings. The van der Waals surface area contributed by atoms with Crippen LogP contribution in [0.15, 0.2) is 0 Å². The van der Waals surface area contributed by atoms with Gasteiger partial charge in [0.25, 0.3) is 0 Å². The van der Waals surface area contributed by atoms with E-state index in [-0.39, 0.29) is 18.0 Å². The van der Waals surface area contributed by atoms with E-state index in [2.05, 4.69) is 12.2 Å². The van der Waals surface area contributed by atoms with Gasteiger partial charge in [0.1, 0.15) is 0 Å². The smallest absolute Gasteiger partial charge is 0.220 e. The second-order valence-corrected chi connectivity index (χ2v) is 5.93. The number of rotatable bonds is 3. The zero-order valence-electron chi connectivity index (χ0n) is 11.4. The van der Waals surface area contributed by atoms with Crippen molar-refractivity contribution in [3.63, 3.8) is 0 Å². The minimum absolute atomic E-state index is 0.177. The van der Waals surface area contributed by atoms with E-state index >= 15 is 0 Å². The van der Waals surface area contributed by atoms with Crippen LogP contribution < -0.4 is 11.1 Å². The van der Waals surface area contributed by atoms with Crippen molar-refractivity contribution in [2.45, 2.75) is 57.5 Å². The molecule has 1 heterocycles. The van der Waals surface area contributed by atoms with Crippen molar-refractivity contribution in [2.75, 3.05) is 13.2 Å². The molecule has 1 amide bonds. The molecule has 0 radical (unpaired) electrons. The molecule has 1 aliphatic heterocycles. The summed E-state index contributed by atoms with van der Waals surface area (Å²) in [5.74, 6) is 0.979. The summed E-state index contributed by atoms with van der Waals surface area (Å²) in [5, 5.41) is 3.16. The fourth-order valence-corrected chi connectivity index (χ4v) is 3.09. The summed E-state index contributed by atoms with van der Waals surface area (Å²) in [5.41, 5.74) is 6.09. The lowest BCUT2D eigenvalue weighted by Gasteiger charge is -2.32. The van der Waals surface area contributed by atoms with Gasteiger partial charge >= 0.3 is 0 Å². The molecule has 1 saturated carbocycles. The van der Waals surface area contributed by atoms with E-state index in [1.54, 1.807) is 0 Å². The van der Waals surface area contributed by atoms with Gasteiger partial charge in [-0.05, 0) is 31.1 Å². The maximum atomic E-state index is 12.1. The third-order valence-electron chi connectivity index (χ3n) is 4.40. The van der Waals surface area contributed by atoms with E-state index < -0.39 is 0 Å². The molecule has 104 valence electrons. The molecule has 4 nitrogen and oxygen atoms in total. The molecular formula is C14H26N2O2. The van der Waals surface area contributed by atoms with E-state index in [0.717, 1.165) is 32.5 Å². The topological polar surface area (TPSA) is 64.3 Å². The third-order valence-corrected chi connectivity index (χ3v) is 4.40. The molecule has 2 aliphatic rings. The summed E-state index contributed by atoms with van der Waals surface area (Å²) in [7, 11) is 0. The molecule has 0 bridgehead atoms. The second-order valence-electron chi connectivity index (χ2n) is 5.93. The average Bonchev–Trinajstić information content (AvgIpc) is 2.35. The molecule has 4 unspecified atom stereocenters. The lowest BCUT2D eigenvalue weighted by molar-refractivity contribution is -0.124. The Balaban J connectivity index is 1.77. The number of carbonyl (C=O) groups excluding carboxylic acids is 1. The summed E-state index contributed by atoms with van der Waals surface area (Å²) in [4.78, 5) is 12.1. The standard InChI is InChI=1S/C14H26N2O2/c1-10-9-18-7-6-13(10)16-14(17)8-11-4-2-3-5-12(11)15/h10-13H,2-9,15H2,1H3,(H,16,17). The summed E-state index contributed by atoms with van der Waals surface area (Å²) < 4.78 is 5.39. The van der Waals surface area contributed by atoms with Crippen LogP contribution in [0.1, 0.15) is 45.4 Å². The highest BCUT2D eigenvalue weighted by Crippen LogP contribution is 2.25. The number of amides is 1. The fraction of sp³-hybridized carbons (Fsp3) is 0.929. The van der Waals surface area contributed by atoms with Crippen LogP contribution in [0.25, 0.3) is 0 Å². The number of nitrogens with one attached hydrogen (secondary N) is 1. The van der Waals surface area contributed by atoms with E-state index in [4.69, 9.17) is 10.5 Å². The van der Waals surface area contributed by atoms with Gasteiger partial charge < -0.3 is 15.8 Å². The SMILES string of the molecule is CC1COCCC1NC(=O)CC1CCCCC1N. The van der Waals surface area contributed by atoms with E-state index in [1.807, 2.05) is 0 Å². The highest BCUT2D eigenvalue weighted by molar-refractivity contribution is 5.76. The largest absolute Gasteiger partial charge is 0.381 e. The minimum atomic E-state index is 0.177. The van der Waals surface area contributed by atoms with Gasteiger partial charge in [-0.3, -0.25) is 4.79 Å². The van der Waals surface area contributed by atoms with Crippen molar-refractivity contribution in [2.24, 2.45) is 17.6 Å². The van der Waals surface area contributed by atoms with E-state index in [9.17, 15) is 4.79 Å². The van der Waals surface area contributed by atoms with Gasteiger partial charge in [0, 0.05) is 25.1 Å². The monoisotopic (exact) mass is 254 g/mol. The predicted molar refractivity (Wildman–Crippen MR) is 71.1 cm³/mol. The predicted octanol–water partition coefficient (Wildman–Crippen LogP) is 1.44. The number of nitrogens with two attached hydrogens (primary N) is 1. The lowest BCUT2D eigenvalue weighted by Crippen LogP contribution is -2.46. The fourth-order valence-electron chi connectivity index (χ4n) is 3.09. The van der Waals surface area contributed by atoms with Crippen molar-refractivity contribution in [3.05, 3.63) is 0 Å². The Labute approximate surface area is 110 Å². The molecule has 18 heavy (non-hydrogen) atoms. The Morgan fingerprint density at radius 2 is 2.11 bits per heavy atom. The van der Waals surface area contributed by atoms with Gasteiger partial charge in [-0.2, -0.15) is 0 Å².